The predicted octanol–water partition coefficient (Wildman–Crippen LogP) is 8.08. The number of aryl methyl sites for hydroxylation is 2. The Morgan fingerprint density at radius 3 is 1.64 bits per heavy atom. The van der Waals surface area contributed by atoms with Crippen molar-refractivity contribution in [3.63, 3.8) is 0 Å². The second-order valence-corrected chi connectivity index (χ2v) is 24.2. The lowest BCUT2D eigenvalue weighted by atomic mass is 9.35. The fourth-order valence-corrected chi connectivity index (χ4v) is 19.4. The maximum atomic E-state index is 12.7. The van der Waals surface area contributed by atoms with Gasteiger partial charge in [-0.1, -0.05) is 58.9 Å². The summed E-state index contributed by atoms with van der Waals surface area (Å²) in [6, 6.07) is 10.7. The molecule has 0 radical (unpaired) electrons. The van der Waals surface area contributed by atoms with Crippen molar-refractivity contribution in [1.82, 2.24) is 9.80 Å². The molecule has 16 rings (SSSR count). The molecule has 8 bridgehead atoms. The van der Waals surface area contributed by atoms with Crippen LogP contribution in [0.4, 0.5) is 0 Å². The zero-order valence-corrected chi connectivity index (χ0v) is 36.7. The molecular formula is C50H64N2O6. The first-order valence-corrected chi connectivity index (χ1v) is 22.6. The molecule has 14 aliphatic rings. The molecule has 1 N–H and O–H groups in total. The molecule has 8 nitrogen and oxygen atoms in total. The van der Waals surface area contributed by atoms with Crippen LogP contribution in [0.25, 0.3) is 0 Å². The van der Waals surface area contributed by atoms with Crippen LogP contribution >= 0.6 is 0 Å². The number of rotatable bonds is 2. The van der Waals surface area contributed by atoms with Crippen LogP contribution in [0.2, 0.25) is 0 Å². The second-order valence-electron chi connectivity index (χ2n) is 24.2. The third-order valence-corrected chi connectivity index (χ3v) is 22.0. The van der Waals surface area contributed by atoms with Crippen molar-refractivity contribution in [1.29, 1.82) is 0 Å². The highest BCUT2D eigenvalue weighted by Gasteiger charge is 2.92. The van der Waals surface area contributed by atoms with Crippen LogP contribution in [0.5, 0.6) is 11.5 Å². The SMILES string of the molecule is CC(=O)C1CC23CCC1(C)C1Oc4c(C)ccc5c4[C@@]12CC1(C5)[C@H]3N1C.Cc1ccc2c3c1OC1C4(C)CCC5(CC4C(C)(O)C(C)(C)C)[C@@H]4N(C)C4(C2)C[C@]315.O=O. The minimum absolute atomic E-state index is 0.00907. The molecule has 2 saturated heterocycles. The summed E-state index contributed by atoms with van der Waals surface area (Å²) in [6.07, 6.45) is 12.4. The van der Waals surface area contributed by atoms with Gasteiger partial charge >= 0.3 is 0 Å². The first kappa shape index (κ1) is 37.0. The second kappa shape index (κ2) is 9.94. The van der Waals surface area contributed by atoms with Crippen molar-refractivity contribution < 1.29 is 19.4 Å². The summed E-state index contributed by atoms with van der Waals surface area (Å²) in [4.78, 5) is 32.1. The monoisotopic (exact) mass is 788 g/mol. The Hall–Kier alpha value is -2.81. The maximum absolute atomic E-state index is 12.7. The molecule has 58 heavy (non-hydrogen) atoms. The van der Waals surface area contributed by atoms with Crippen LogP contribution in [0.3, 0.4) is 0 Å². The van der Waals surface area contributed by atoms with Gasteiger partial charge in [0, 0.05) is 82.6 Å². The molecule has 10 fully saturated rings. The van der Waals surface area contributed by atoms with E-state index in [9.17, 15) is 9.90 Å². The fourth-order valence-electron chi connectivity index (χ4n) is 19.4. The van der Waals surface area contributed by atoms with E-state index in [0.717, 1.165) is 19.3 Å². The first-order valence-electron chi connectivity index (χ1n) is 22.6. The van der Waals surface area contributed by atoms with Gasteiger partial charge in [0.15, 0.2) is 0 Å². The molecule has 6 spiro atoms. The number of aliphatic hydroxyl groups is 1. The zero-order chi connectivity index (χ0) is 41.1. The van der Waals surface area contributed by atoms with Crippen molar-refractivity contribution in [3.8, 4) is 11.5 Å². The highest BCUT2D eigenvalue weighted by atomic mass is 16.7. The van der Waals surface area contributed by atoms with E-state index in [-0.39, 0.29) is 61.9 Å². The molecule has 8 heteroatoms. The van der Waals surface area contributed by atoms with Gasteiger partial charge in [-0.05, 0) is 140 Å². The number of hydrogen-bond donors (Lipinski definition) is 1. The number of ketones is 1. The van der Waals surface area contributed by atoms with Gasteiger partial charge in [0.25, 0.3) is 0 Å². The highest BCUT2D eigenvalue weighted by molar-refractivity contribution is 5.81. The van der Waals surface area contributed by atoms with Gasteiger partial charge in [-0.2, -0.15) is 0 Å². The van der Waals surface area contributed by atoms with E-state index in [4.69, 9.17) is 19.4 Å². The summed E-state index contributed by atoms with van der Waals surface area (Å²) in [7, 11) is 4.71. The van der Waals surface area contributed by atoms with Crippen LogP contribution < -0.4 is 9.47 Å². The standard InChI is InChI=1S/C27H37NO2.C23H27NO2.O2/c1-15-8-9-16-12-26-14-27-18(16)19(15)30-21(27)23(5)10-11-25(27,20(26)28(26)7)13-17(23)24(6,29)22(2,3)4;1-12-5-6-14-9-22-11-23-16(14)17(12)26-19(23)20(3)7-8-21(23,18(22)24(22)4)10-15(20)13(2)25;1-2/h8-9,17,20-21,29H,10-14H2,1-7H3;5-6,15,18-19H,7-11H2,1-4H3;/t17?,20-,21?,23?,24?,25?,26?,27-,28?;15?,18-,19?,20?,21?,22?,23-,24?;/m00./s1. The lowest BCUT2D eigenvalue weighted by Gasteiger charge is -2.70. The Labute approximate surface area is 344 Å². The topological polar surface area (TPSA) is 95.9 Å². The number of nitrogens with zero attached hydrogens (tertiary/aromatic N) is 2. The van der Waals surface area contributed by atoms with Crippen LogP contribution in [0.15, 0.2) is 24.3 Å². The number of likely N-dealkylation sites (N-methyl/N-ethyl adjacent to an activating group) is 2. The van der Waals surface area contributed by atoms with Gasteiger partial charge in [0.2, 0.25) is 0 Å². The lowest BCUT2D eigenvalue weighted by Crippen LogP contribution is -2.73. The molecule has 4 heterocycles. The maximum Gasteiger partial charge on any atom is 0.133 e. The number of fused-ring (bicyclic) bond motifs is 4. The average Bonchev–Trinajstić information content (AvgIpc) is 3.58. The van der Waals surface area contributed by atoms with Crippen molar-refractivity contribution in [2.75, 3.05) is 14.1 Å². The Balaban J connectivity index is 0.000000122. The molecule has 0 amide bonds. The third-order valence-electron chi connectivity index (χ3n) is 22.0. The van der Waals surface area contributed by atoms with Crippen molar-refractivity contribution in [2.24, 2.45) is 38.9 Å². The fraction of sp³-hybridized carbons (Fsp3) is 0.740. The number of ether oxygens (including phenoxy) is 2. The summed E-state index contributed by atoms with van der Waals surface area (Å²) in [5.41, 5.74) is 9.47. The minimum atomic E-state index is -0.718. The molecule has 0 aromatic heterocycles. The Morgan fingerprint density at radius 1 is 0.724 bits per heavy atom. The van der Waals surface area contributed by atoms with E-state index in [2.05, 4.69) is 104 Å². The number of likely N-dealkylation sites (tertiary alicyclic amines) is 2. The van der Waals surface area contributed by atoms with Crippen LogP contribution in [0, 0.1) is 62.7 Å². The number of carbonyl (C=O) groups excluding carboxylic acids is 1. The molecule has 13 unspecified atom stereocenters. The Bertz CT molecular complexity index is 2300. The van der Waals surface area contributed by atoms with Gasteiger partial charge in [-0.3, -0.25) is 14.6 Å². The quantitative estimate of drug-likeness (QED) is 0.306. The molecule has 10 aliphatic carbocycles. The van der Waals surface area contributed by atoms with Crippen LogP contribution in [0.1, 0.15) is 133 Å². The predicted molar refractivity (Wildman–Crippen MR) is 223 cm³/mol. The van der Waals surface area contributed by atoms with E-state index in [1.807, 2.05) is 6.92 Å². The molecule has 17 atom stereocenters. The molecular weight excluding hydrogens is 725 g/mol. The van der Waals surface area contributed by atoms with E-state index >= 15 is 0 Å². The van der Waals surface area contributed by atoms with Crippen LogP contribution in [-0.2, 0) is 28.5 Å². The number of carbonyl (C=O) groups is 1. The van der Waals surface area contributed by atoms with Crippen molar-refractivity contribution in [2.45, 2.75) is 178 Å². The van der Waals surface area contributed by atoms with E-state index in [1.165, 1.54) is 67.6 Å². The number of Topliss-reactive ketones (excluding diaryl/α,β-unsaturated/α-hetero) is 1. The van der Waals surface area contributed by atoms with Gasteiger partial charge < -0.3 is 14.6 Å². The van der Waals surface area contributed by atoms with Gasteiger partial charge in [-0.15, -0.1) is 0 Å². The smallest absolute Gasteiger partial charge is 0.133 e. The third kappa shape index (κ3) is 3.28. The number of piperidine rings is 2. The minimum Gasteiger partial charge on any atom is -0.488 e. The summed E-state index contributed by atoms with van der Waals surface area (Å²) in [6.45, 7) is 19.9. The van der Waals surface area contributed by atoms with Gasteiger partial charge in [-0.25, -0.2) is 0 Å². The highest BCUT2D eigenvalue weighted by Crippen LogP contribution is 2.88. The van der Waals surface area contributed by atoms with Gasteiger partial charge in [0.05, 0.1) is 5.60 Å². The number of hydrogen-bond acceptors (Lipinski definition) is 8. The average molecular weight is 789 g/mol. The first-order chi connectivity index (χ1) is 27.2. The molecule has 310 valence electrons. The summed E-state index contributed by atoms with van der Waals surface area (Å²) in [5, 5.41) is 12.0. The normalized spacial score (nSPS) is 52.6. The molecule has 2 aromatic rings. The van der Waals surface area contributed by atoms with E-state index < -0.39 is 5.60 Å². The Kier molecular flexibility index (Phi) is 6.34. The zero-order valence-electron chi connectivity index (χ0n) is 36.7. The molecule has 8 saturated carbocycles. The lowest BCUT2D eigenvalue weighted by molar-refractivity contribution is -0.246. The molecule has 4 aliphatic heterocycles. The summed E-state index contributed by atoms with van der Waals surface area (Å²) in [5.74, 6) is 3.21. The van der Waals surface area contributed by atoms with E-state index in [1.54, 1.807) is 22.3 Å². The van der Waals surface area contributed by atoms with Crippen molar-refractivity contribution in [3.05, 3.63) is 67.6 Å². The van der Waals surface area contributed by atoms with E-state index in [0.29, 0.717) is 28.9 Å². The summed E-state index contributed by atoms with van der Waals surface area (Å²) < 4.78 is 14.0. The van der Waals surface area contributed by atoms with Crippen LogP contribution in [-0.4, -0.2) is 75.8 Å². The molecule has 2 aromatic carbocycles. The summed E-state index contributed by atoms with van der Waals surface area (Å²) >= 11 is 0. The number of benzene rings is 2. The Morgan fingerprint density at radius 2 is 1.17 bits per heavy atom. The largest absolute Gasteiger partial charge is 0.488 e. The van der Waals surface area contributed by atoms with Gasteiger partial charge in [0.1, 0.15) is 29.5 Å². The van der Waals surface area contributed by atoms with Crippen molar-refractivity contribution >= 4 is 5.78 Å².